The summed E-state index contributed by atoms with van der Waals surface area (Å²) < 4.78 is 6.87. The van der Waals surface area contributed by atoms with E-state index in [1.807, 2.05) is 14.0 Å². The second-order valence-corrected chi connectivity index (χ2v) is 4.56. The van der Waals surface area contributed by atoms with E-state index < -0.39 is 0 Å². The third-order valence-corrected chi connectivity index (χ3v) is 3.20. The number of carbonyl (C=O) groups excluding carboxylic acids is 1. The van der Waals surface area contributed by atoms with Crippen molar-refractivity contribution in [1.29, 1.82) is 0 Å². The van der Waals surface area contributed by atoms with Crippen LogP contribution in [-0.2, 0) is 13.6 Å². The molecule has 0 atom stereocenters. The number of anilines is 1. The van der Waals surface area contributed by atoms with Crippen LogP contribution in [0.2, 0.25) is 0 Å². The maximum Gasteiger partial charge on any atom is 0.251 e. The summed E-state index contributed by atoms with van der Waals surface area (Å²) >= 11 is 0. The highest BCUT2D eigenvalue weighted by Crippen LogP contribution is 2.18. The number of nitrogens with two attached hydrogens (primary N) is 1. The Morgan fingerprint density at radius 3 is 2.80 bits per heavy atom. The first-order valence-electron chi connectivity index (χ1n) is 6.21. The highest BCUT2D eigenvalue weighted by molar-refractivity contribution is 5.95. The molecule has 0 saturated carbocycles. The molecule has 1 amide bonds. The number of nitrogen functional groups attached to an aromatic ring is 1. The van der Waals surface area contributed by atoms with Gasteiger partial charge in [0.1, 0.15) is 5.75 Å². The summed E-state index contributed by atoms with van der Waals surface area (Å²) in [6.45, 7) is 2.38. The molecule has 0 spiro atoms. The number of aromatic nitrogens is 2. The van der Waals surface area contributed by atoms with Gasteiger partial charge in [0, 0.05) is 42.2 Å². The number of carbonyl (C=O) groups is 1. The normalized spacial score (nSPS) is 10.3. The molecule has 1 aromatic heterocycles. The summed E-state index contributed by atoms with van der Waals surface area (Å²) in [6.07, 6.45) is 1.75. The van der Waals surface area contributed by atoms with E-state index in [9.17, 15) is 4.79 Å². The number of hydrogen-bond donors (Lipinski definition) is 2. The van der Waals surface area contributed by atoms with E-state index in [-0.39, 0.29) is 5.91 Å². The van der Waals surface area contributed by atoms with Crippen LogP contribution in [-0.4, -0.2) is 22.8 Å². The summed E-state index contributed by atoms with van der Waals surface area (Å²) in [5.74, 6) is 0.367. The highest BCUT2D eigenvalue weighted by atomic mass is 16.5. The lowest BCUT2D eigenvalue weighted by Crippen LogP contribution is -2.23. The van der Waals surface area contributed by atoms with E-state index in [2.05, 4.69) is 10.4 Å². The molecule has 6 heteroatoms. The molecule has 0 radical (unpaired) electrons. The number of aryl methyl sites for hydroxylation is 1. The number of rotatable bonds is 4. The van der Waals surface area contributed by atoms with Gasteiger partial charge in [0.15, 0.2) is 0 Å². The van der Waals surface area contributed by atoms with E-state index in [0.717, 1.165) is 11.3 Å². The lowest BCUT2D eigenvalue weighted by atomic mass is 10.1. The maximum absolute atomic E-state index is 12.1. The Kier molecular flexibility index (Phi) is 3.93. The van der Waals surface area contributed by atoms with Gasteiger partial charge in [-0.1, -0.05) is 0 Å². The second-order valence-electron chi connectivity index (χ2n) is 4.56. The fraction of sp³-hybridized carbons (Fsp3) is 0.286. The van der Waals surface area contributed by atoms with Gasteiger partial charge >= 0.3 is 0 Å². The van der Waals surface area contributed by atoms with E-state index in [4.69, 9.17) is 10.5 Å². The van der Waals surface area contributed by atoms with E-state index in [1.54, 1.807) is 29.1 Å². The quantitative estimate of drug-likeness (QED) is 0.822. The molecule has 0 saturated heterocycles. The van der Waals surface area contributed by atoms with Gasteiger partial charge in [-0.2, -0.15) is 5.10 Å². The molecule has 1 aromatic carbocycles. The number of hydrogen-bond acceptors (Lipinski definition) is 4. The number of nitrogens with zero attached hydrogens (tertiary/aromatic N) is 2. The zero-order valence-electron chi connectivity index (χ0n) is 11.8. The van der Waals surface area contributed by atoms with Crippen LogP contribution < -0.4 is 15.8 Å². The van der Waals surface area contributed by atoms with Crippen LogP contribution in [0.5, 0.6) is 5.75 Å². The van der Waals surface area contributed by atoms with Crippen molar-refractivity contribution >= 4 is 11.6 Å². The van der Waals surface area contributed by atoms with E-state index >= 15 is 0 Å². The summed E-state index contributed by atoms with van der Waals surface area (Å²) in [4.78, 5) is 12.1. The van der Waals surface area contributed by atoms with Crippen molar-refractivity contribution in [2.24, 2.45) is 7.05 Å². The second kappa shape index (κ2) is 5.64. The van der Waals surface area contributed by atoms with Crippen molar-refractivity contribution in [3.63, 3.8) is 0 Å². The van der Waals surface area contributed by atoms with Gasteiger partial charge in [-0.15, -0.1) is 0 Å². The minimum Gasteiger partial charge on any atom is -0.497 e. The largest absolute Gasteiger partial charge is 0.497 e. The fourth-order valence-electron chi connectivity index (χ4n) is 1.87. The molecule has 0 bridgehead atoms. The molecule has 2 rings (SSSR count). The van der Waals surface area contributed by atoms with Crippen LogP contribution in [0.15, 0.2) is 24.4 Å². The Morgan fingerprint density at radius 1 is 1.45 bits per heavy atom. The predicted octanol–water partition coefficient (Wildman–Crippen LogP) is 1.25. The van der Waals surface area contributed by atoms with Gasteiger partial charge in [-0.3, -0.25) is 9.48 Å². The number of ether oxygens (including phenoxy) is 1. The van der Waals surface area contributed by atoms with Crippen molar-refractivity contribution in [2.75, 3.05) is 12.8 Å². The maximum atomic E-state index is 12.1. The molecule has 2 aromatic rings. The molecule has 6 nitrogen and oxygen atoms in total. The summed E-state index contributed by atoms with van der Waals surface area (Å²) in [7, 11) is 3.40. The lowest BCUT2D eigenvalue weighted by Gasteiger charge is -2.08. The Balaban J connectivity index is 2.09. The molecular weight excluding hydrogens is 256 g/mol. The molecule has 0 unspecified atom stereocenters. The van der Waals surface area contributed by atoms with Gasteiger partial charge in [-0.05, 0) is 19.1 Å². The van der Waals surface area contributed by atoms with Crippen molar-refractivity contribution in [3.8, 4) is 5.75 Å². The van der Waals surface area contributed by atoms with Gasteiger partial charge in [0.25, 0.3) is 5.91 Å². The van der Waals surface area contributed by atoms with Crippen molar-refractivity contribution in [3.05, 3.63) is 41.2 Å². The standard InChI is InChI=1S/C14H18N4O2/c1-9-11(8-17-18(9)2)7-16-14(19)10-4-12(15)6-13(5-10)20-3/h4-6,8H,7,15H2,1-3H3,(H,16,19). The molecule has 20 heavy (non-hydrogen) atoms. The van der Waals surface area contributed by atoms with E-state index in [0.29, 0.717) is 23.5 Å². The van der Waals surface area contributed by atoms with Gasteiger partial charge in [0.05, 0.1) is 13.3 Å². The van der Waals surface area contributed by atoms with E-state index in [1.165, 1.54) is 7.11 Å². The summed E-state index contributed by atoms with van der Waals surface area (Å²) in [5.41, 5.74) is 8.71. The molecule has 0 fully saturated rings. The fourth-order valence-corrected chi connectivity index (χ4v) is 1.87. The molecule has 3 N–H and O–H groups in total. The van der Waals surface area contributed by atoms with Crippen molar-refractivity contribution in [2.45, 2.75) is 13.5 Å². The molecule has 0 aliphatic heterocycles. The Hall–Kier alpha value is -2.50. The van der Waals surface area contributed by atoms with Crippen LogP contribution in [0.25, 0.3) is 0 Å². The first kappa shape index (κ1) is 13.9. The minimum atomic E-state index is -0.196. The van der Waals surface area contributed by atoms with Crippen LogP contribution in [0, 0.1) is 6.92 Å². The first-order valence-corrected chi connectivity index (χ1v) is 6.21. The summed E-state index contributed by atoms with van der Waals surface area (Å²) in [6, 6.07) is 4.94. The minimum absolute atomic E-state index is 0.196. The topological polar surface area (TPSA) is 82.2 Å². The molecule has 106 valence electrons. The average molecular weight is 274 g/mol. The van der Waals surface area contributed by atoms with Gasteiger partial charge in [0.2, 0.25) is 0 Å². The van der Waals surface area contributed by atoms with Crippen LogP contribution >= 0.6 is 0 Å². The number of nitrogens with one attached hydrogen (secondary N) is 1. The van der Waals surface area contributed by atoms with Crippen LogP contribution in [0.1, 0.15) is 21.6 Å². The molecule has 0 aliphatic carbocycles. The lowest BCUT2D eigenvalue weighted by molar-refractivity contribution is 0.0950. The third-order valence-electron chi connectivity index (χ3n) is 3.20. The van der Waals surface area contributed by atoms with Gasteiger partial charge in [-0.25, -0.2) is 0 Å². The summed E-state index contributed by atoms with van der Waals surface area (Å²) in [5, 5.41) is 6.98. The Labute approximate surface area is 117 Å². The van der Waals surface area contributed by atoms with Crippen molar-refractivity contribution < 1.29 is 9.53 Å². The molecule has 1 heterocycles. The number of benzene rings is 1. The zero-order valence-corrected chi connectivity index (χ0v) is 11.8. The predicted molar refractivity (Wildman–Crippen MR) is 76.5 cm³/mol. The smallest absolute Gasteiger partial charge is 0.251 e. The highest BCUT2D eigenvalue weighted by Gasteiger charge is 2.10. The monoisotopic (exact) mass is 274 g/mol. The number of amides is 1. The average Bonchev–Trinajstić information content (AvgIpc) is 2.75. The number of methoxy groups -OCH3 is 1. The van der Waals surface area contributed by atoms with Crippen LogP contribution in [0.4, 0.5) is 5.69 Å². The SMILES string of the molecule is COc1cc(N)cc(C(=O)NCc2cnn(C)c2C)c1. The first-order chi connectivity index (χ1) is 9.51. The van der Waals surface area contributed by atoms with Crippen molar-refractivity contribution in [1.82, 2.24) is 15.1 Å². The van der Waals surface area contributed by atoms with Gasteiger partial charge < -0.3 is 15.8 Å². The molecule has 0 aliphatic rings. The Morgan fingerprint density at radius 2 is 2.20 bits per heavy atom. The van der Waals surface area contributed by atoms with Crippen LogP contribution in [0.3, 0.4) is 0 Å². The zero-order chi connectivity index (χ0) is 14.7. The Bertz CT molecular complexity index is 634. The third kappa shape index (κ3) is 2.90. The molecular formula is C14H18N4O2.